The van der Waals surface area contributed by atoms with E-state index in [0.717, 1.165) is 18.4 Å². The summed E-state index contributed by atoms with van der Waals surface area (Å²) in [7, 11) is 0. The monoisotopic (exact) mass is 138 g/mol. The topological polar surface area (TPSA) is 17.1 Å². The fraction of sp³-hybridized carbons (Fsp3) is 0.667. The van der Waals surface area contributed by atoms with Crippen molar-refractivity contribution >= 4 is 5.78 Å². The molecule has 1 saturated carbocycles. The fourth-order valence-corrected chi connectivity index (χ4v) is 1.59. The number of carbonyl (C=O) groups is 1. The minimum absolute atomic E-state index is 0.362. The third-order valence-electron chi connectivity index (χ3n) is 2.20. The van der Waals surface area contributed by atoms with Gasteiger partial charge in [-0.2, -0.15) is 0 Å². The molecule has 0 aromatic rings. The molecule has 1 fully saturated rings. The maximum atomic E-state index is 11.2. The Bertz CT molecular complexity index is 168. The molecule has 0 bridgehead atoms. The predicted molar refractivity (Wildman–Crippen MR) is 41.8 cm³/mol. The molecule has 1 atom stereocenters. The highest BCUT2D eigenvalue weighted by Gasteiger charge is 2.20. The molecule has 56 valence electrons. The Balaban J connectivity index is 2.73. The van der Waals surface area contributed by atoms with E-state index in [9.17, 15) is 4.79 Å². The average molecular weight is 138 g/mol. The third-order valence-corrected chi connectivity index (χ3v) is 2.20. The minimum Gasteiger partial charge on any atom is -0.295 e. The van der Waals surface area contributed by atoms with Crippen molar-refractivity contribution in [3.63, 3.8) is 0 Å². The van der Waals surface area contributed by atoms with E-state index < -0.39 is 0 Å². The highest BCUT2D eigenvalue weighted by atomic mass is 16.1. The first-order chi connectivity index (χ1) is 4.75. The molecule has 0 saturated heterocycles. The first-order valence-electron chi connectivity index (χ1n) is 3.95. The van der Waals surface area contributed by atoms with Gasteiger partial charge in [0.2, 0.25) is 0 Å². The van der Waals surface area contributed by atoms with Crippen LogP contribution in [0.25, 0.3) is 0 Å². The molecular weight excluding hydrogens is 124 g/mol. The van der Waals surface area contributed by atoms with E-state index in [1.54, 1.807) is 0 Å². The molecule has 0 spiro atoms. The van der Waals surface area contributed by atoms with E-state index in [2.05, 4.69) is 6.92 Å². The zero-order valence-corrected chi connectivity index (χ0v) is 6.68. The predicted octanol–water partition coefficient (Wildman–Crippen LogP) is 2.32. The first kappa shape index (κ1) is 7.52. The molecule has 1 nitrogen and oxygen atoms in total. The molecule has 0 radical (unpaired) electrons. The van der Waals surface area contributed by atoms with Crippen LogP contribution in [0.15, 0.2) is 11.6 Å². The van der Waals surface area contributed by atoms with Crippen LogP contribution in [0.3, 0.4) is 0 Å². The summed E-state index contributed by atoms with van der Waals surface area (Å²) in [5, 5.41) is 0. The summed E-state index contributed by atoms with van der Waals surface area (Å²) in [5.41, 5.74) is 1.05. The maximum Gasteiger partial charge on any atom is 0.158 e. The number of carbonyl (C=O) groups excluding carboxylic acids is 1. The Morgan fingerprint density at radius 2 is 2.30 bits per heavy atom. The first-order valence-corrected chi connectivity index (χ1v) is 3.95. The van der Waals surface area contributed by atoms with Crippen LogP contribution in [0.4, 0.5) is 0 Å². The number of rotatable bonds is 0. The van der Waals surface area contributed by atoms with Gasteiger partial charge in [-0.15, -0.1) is 0 Å². The summed E-state index contributed by atoms with van der Waals surface area (Å²) in [6, 6.07) is 0. The number of hydrogen-bond acceptors (Lipinski definition) is 1. The van der Waals surface area contributed by atoms with Gasteiger partial charge >= 0.3 is 0 Å². The molecular formula is C9H14O. The lowest BCUT2D eigenvalue weighted by molar-refractivity contribution is -0.117. The average Bonchev–Trinajstić information content (AvgIpc) is 1.88. The molecule has 0 aromatic carbocycles. The van der Waals surface area contributed by atoms with E-state index in [1.165, 1.54) is 6.42 Å². The quantitative estimate of drug-likeness (QED) is 0.469. The molecule has 10 heavy (non-hydrogen) atoms. The Kier molecular flexibility index (Phi) is 2.25. The van der Waals surface area contributed by atoms with Crippen molar-refractivity contribution in [2.24, 2.45) is 5.92 Å². The van der Waals surface area contributed by atoms with E-state index in [-0.39, 0.29) is 0 Å². The summed E-state index contributed by atoms with van der Waals surface area (Å²) in [4.78, 5) is 11.2. The van der Waals surface area contributed by atoms with Crippen molar-refractivity contribution in [3.8, 4) is 0 Å². The number of allylic oxidation sites excluding steroid dienone is 2. The molecule has 0 amide bonds. The van der Waals surface area contributed by atoms with Crippen LogP contribution in [0.5, 0.6) is 0 Å². The van der Waals surface area contributed by atoms with E-state index in [1.807, 2.05) is 13.0 Å². The summed E-state index contributed by atoms with van der Waals surface area (Å²) < 4.78 is 0. The van der Waals surface area contributed by atoms with Crippen LogP contribution in [0.2, 0.25) is 0 Å². The van der Waals surface area contributed by atoms with Crippen molar-refractivity contribution in [1.29, 1.82) is 0 Å². The highest BCUT2D eigenvalue weighted by molar-refractivity contribution is 5.96. The second-order valence-electron chi connectivity index (χ2n) is 2.96. The van der Waals surface area contributed by atoms with Gasteiger partial charge in [0.1, 0.15) is 0 Å². The maximum absolute atomic E-state index is 11.2. The van der Waals surface area contributed by atoms with Gasteiger partial charge in [-0.3, -0.25) is 4.79 Å². The molecule has 1 unspecified atom stereocenters. The summed E-state index contributed by atoms with van der Waals surface area (Å²) >= 11 is 0. The van der Waals surface area contributed by atoms with Gasteiger partial charge in [0.05, 0.1) is 0 Å². The third kappa shape index (κ3) is 1.28. The SMILES string of the molecule is C/C=C1/C(=O)CCCC1C. The van der Waals surface area contributed by atoms with Crippen molar-refractivity contribution in [3.05, 3.63) is 11.6 Å². The molecule has 1 aliphatic rings. The van der Waals surface area contributed by atoms with Crippen molar-refractivity contribution < 1.29 is 4.79 Å². The van der Waals surface area contributed by atoms with Crippen LogP contribution in [0, 0.1) is 5.92 Å². The Hall–Kier alpha value is -0.590. The van der Waals surface area contributed by atoms with Gasteiger partial charge in [0, 0.05) is 6.42 Å². The second kappa shape index (κ2) is 3.00. The number of hydrogen-bond donors (Lipinski definition) is 0. The van der Waals surface area contributed by atoms with Gasteiger partial charge in [-0.25, -0.2) is 0 Å². The van der Waals surface area contributed by atoms with E-state index in [4.69, 9.17) is 0 Å². The molecule has 1 heteroatoms. The molecule has 0 N–H and O–H groups in total. The van der Waals surface area contributed by atoms with E-state index >= 15 is 0 Å². The lowest BCUT2D eigenvalue weighted by atomic mass is 9.84. The highest BCUT2D eigenvalue weighted by Crippen LogP contribution is 2.25. The van der Waals surface area contributed by atoms with Crippen LogP contribution >= 0.6 is 0 Å². The molecule has 1 aliphatic carbocycles. The van der Waals surface area contributed by atoms with Gasteiger partial charge in [0.15, 0.2) is 5.78 Å². The molecule has 0 aliphatic heterocycles. The van der Waals surface area contributed by atoms with Crippen molar-refractivity contribution in [1.82, 2.24) is 0 Å². The summed E-state index contributed by atoms with van der Waals surface area (Å²) in [5.74, 6) is 0.868. The van der Waals surface area contributed by atoms with Crippen LogP contribution in [-0.4, -0.2) is 5.78 Å². The van der Waals surface area contributed by atoms with Gasteiger partial charge in [-0.05, 0) is 31.3 Å². The van der Waals surface area contributed by atoms with Crippen molar-refractivity contribution in [2.45, 2.75) is 33.1 Å². The summed E-state index contributed by atoms with van der Waals surface area (Å²) in [6.45, 7) is 4.08. The van der Waals surface area contributed by atoms with Crippen LogP contribution < -0.4 is 0 Å². The fourth-order valence-electron chi connectivity index (χ4n) is 1.59. The minimum atomic E-state index is 0.362. The molecule has 0 heterocycles. The Morgan fingerprint density at radius 3 is 2.70 bits per heavy atom. The standard InChI is InChI=1S/C9H14O/c1-3-8-7(2)5-4-6-9(8)10/h3,7H,4-6H2,1-2H3/b8-3+. The van der Waals surface area contributed by atoms with Crippen LogP contribution in [-0.2, 0) is 4.79 Å². The Morgan fingerprint density at radius 1 is 1.60 bits per heavy atom. The van der Waals surface area contributed by atoms with Gasteiger partial charge in [-0.1, -0.05) is 13.0 Å². The Labute approximate surface area is 62.1 Å². The lowest BCUT2D eigenvalue weighted by Gasteiger charge is -2.19. The second-order valence-corrected chi connectivity index (χ2v) is 2.96. The largest absolute Gasteiger partial charge is 0.295 e. The molecule has 1 rings (SSSR count). The zero-order valence-electron chi connectivity index (χ0n) is 6.68. The van der Waals surface area contributed by atoms with Gasteiger partial charge in [0.25, 0.3) is 0 Å². The number of ketones is 1. The van der Waals surface area contributed by atoms with Crippen LogP contribution in [0.1, 0.15) is 33.1 Å². The van der Waals surface area contributed by atoms with E-state index in [0.29, 0.717) is 11.7 Å². The van der Waals surface area contributed by atoms with Gasteiger partial charge < -0.3 is 0 Å². The van der Waals surface area contributed by atoms with Crippen molar-refractivity contribution in [2.75, 3.05) is 0 Å². The molecule has 0 aromatic heterocycles. The summed E-state index contributed by atoms with van der Waals surface area (Å²) in [6.07, 6.45) is 5.00. The normalized spacial score (nSPS) is 31.2. The number of Topliss-reactive ketones (excluding diaryl/α,β-unsaturated/α-hetero) is 1. The lowest BCUT2D eigenvalue weighted by Crippen LogP contribution is -2.16. The smallest absolute Gasteiger partial charge is 0.158 e. The zero-order chi connectivity index (χ0) is 7.56.